The molecular weight excluding hydrogens is 376 g/mol. The second-order valence-electron chi connectivity index (χ2n) is 6.16. The van der Waals surface area contributed by atoms with Crippen LogP contribution in [0.3, 0.4) is 0 Å². The fourth-order valence-electron chi connectivity index (χ4n) is 2.80. The van der Waals surface area contributed by atoms with Crippen molar-refractivity contribution in [3.8, 4) is 17.2 Å². The summed E-state index contributed by atoms with van der Waals surface area (Å²) in [5, 5.41) is 13.3. The number of carbonyl (C=O) groups excluding carboxylic acids is 1. The predicted molar refractivity (Wildman–Crippen MR) is 106 cm³/mol. The van der Waals surface area contributed by atoms with E-state index >= 15 is 0 Å². The van der Waals surface area contributed by atoms with Crippen molar-refractivity contribution in [1.82, 2.24) is 4.98 Å². The molecule has 8 heteroatoms. The van der Waals surface area contributed by atoms with E-state index in [2.05, 4.69) is 10.3 Å². The summed E-state index contributed by atoms with van der Waals surface area (Å²) in [6.45, 7) is 1.61. The number of aliphatic hydroxyl groups excluding tert-OH is 1. The van der Waals surface area contributed by atoms with Gasteiger partial charge in [-0.15, -0.1) is 0 Å². The molecule has 0 bridgehead atoms. The molecular formula is C21H22N2O6. The molecule has 1 aromatic heterocycles. The summed E-state index contributed by atoms with van der Waals surface area (Å²) < 4.78 is 21.1. The number of benzene rings is 2. The molecule has 0 fully saturated rings. The SMILES string of the molecule is COc1cccc(C(O)c2nc(C(=O)Nc3ccc(OC)c(OC)c3)c(C)o2)c1. The normalized spacial score (nSPS) is 11.6. The van der Waals surface area contributed by atoms with Gasteiger partial charge in [0.05, 0.1) is 21.3 Å². The van der Waals surface area contributed by atoms with Gasteiger partial charge in [0.15, 0.2) is 23.3 Å². The van der Waals surface area contributed by atoms with E-state index in [0.717, 1.165) is 0 Å². The van der Waals surface area contributed by atoms with Gasteiger partial charge < -0.3 is 29.1 Å². The Hall–Kier alpha value is -3.52. The number of rotatable bonds is 7. The molecule has 1 atom stereocenters. The third-order valence-corrected chi connectivity index (χ3v) is 4.31. The summed E-state index contributed by atoms with van der Waals surface area (Å²) in [4.78, 5) is 16.8. The number of aliphatic hydroxyl groups is 1. The van der Waals surface area contributed by atoms with E-state index in [4.69, 9.17) is 18.6 Å². The zero-order valence-corrected chi connectivity index (χ0v) is 16.6. The topological polar surface area (TPSA) is 103 Å². The molecule has 0 aliphatic heterocycles. The first-order valence-electron chi connectivity index (χ1n) is 8.79. The number of methoxy groups -OCH3 is 3. The number of aryl methyl sites for hydroxylation is 1. The van der Waals surface area contributed by atoms with Crippen LogP contribution in [0.5, 0.6) is 17.2 Å². The van der Waals surface area contributed by atoms with Crippen molar-refractivity contribution < 1.29 is 28.5 Å². The van der Waals surface area contributed by atoms with Gasteiger partial charge >= 0.3 is 0 Å². The zero-order chi connectivity index (χ0) is 21.0. The molecule has 0 saturated carbocycles. The number of hydrogen-bond acceptors (Lipinski definition) is 7. The number of nitrogens with zero attached hydrogens (tertiary/aromatic N) is 1. The monoisotopic (exact) mass is 398 g/mol. The maximum Gasteiger partial charge on any atom is 0.277 e. The Kier molecular flexibility index (Phi) is 6.04. The summed E-state index contributed by atoms with van der Waals surface area (Å²) in [6, 6.07) is 11.9. The molecule has 0 aliphatic rings. The van der Waals surface area contributed by atoms with Gasteiger partial charge in [-0.3, -0.25) is 4.79 Å². The number of carbonyl (C=O) groups is 1. The van der Waals surface area contributed by atoms with E-state index in [1.165, 1.54) is 21.3 Å². The lowest BCUT2D eigenvalue weighted by molar-refractivity contribution is 0.102. The Balaban J connectivity index is 1.81. The highest BCUT2D eigenvalue weighted by atomic mass is 16.5. The van der Waals surface area contributed by atoms with Gasteiger partial charge in [0.25, 0.3) is 5.91 Å². The van der Waals surface area contributed by atoms with Crippen molar-refractivity contribution >= 4 is 11.6 Å². The van der Waals surface area contributed by atoms with Crippen LogP contribution in [0.25, 0.3) is 0 Å². The van der Waals surface area contributed by atoms with E-state index in [1.807, 2.05) is 0 Å². The van der Waals surface area contributed by atoms with Gasteiger partial charge in [0.1, 0.15) is 11.5 Å². The van der Waals surface area contributed by atoms with Gasteiger partial charge in [0, 0.05) is 11.8 Å². The molecule has 3 rings (SSSR count). The van der Waals surface area contributed by atoms with Crippen LogP contribution in [0.4, 0.5) is 5.69 Å². The number of aromatic nitrogens is 1. The van der Waals surface area contributed by atoms with E-state index in [9.17, 15) is 9.90 Å². The quantitative estimate of drug-likeness (QED) is 0.629. The molecule has 2 N–H and O–H groups in total. The first kappa shape index (κ1) is 20.2. The lowest BCUT2D eigenvalue weighted by atomic mass is 10.1. The van der Waals surface area contributed by atoms with Crippen LogP contribution in [0.1, 0.15) is 33.8 Å². The minimum absolute atomic E-state index is 0.0215. The highest BCUT2D eigenvalue weighted by Gasteiger charge is 2.23. The number of ether oxygens (including phenoxy) is 3. The Morgan fingerprint density at radius 2 is 1.83 bits per heavy atom. The molecule has 0 saturated heterocycles. The Morgan fingerprint density at radius 3 is 2.52 bits per heavy atom. The molecule has 8 nitrogen and oxygen atoms in total. The van der Waals surface area contributed by atoms with Crippen molar-refractivity contribution in [3.63, 3.8) is 0 Å². The molecule has 29 heavy (non-hydrogen) atoms. The summed E-state index contributed by atoms with van der Waals surface area (Å²) in [6.07, 6.45) is -1.13. The molecule has 1 unspecified atom stereocenters. The van der Waals surface area contributed by atoms with Crippen molar-refractivity contribution in [3.05, 3.63) is 65.4 Å². The highest BCUT2D eigenvalue weighted by Crippen LogP contribution is 2.30. The first-order chi connectivity index (χ1) is 14.0. The zero-order valence-electron chi connectivity index (χ0n) is 16.6. The third-order valence-electron chi connectivity index (χ3n) is 4.31. The molecule has 2 aromatic carbocycles. The Bertz CT molecular complexity index is 1010. The van der Waals surface area contributed by atoms with Crippen LogP contribution in [0.2, 0.25) is 0 Å². The van der Waals surface area contributed by atoms with Gasteiger partial charge in [-0.05, 0) is 36.8 Å². The molecule has 1 amide bonds. The summed E-state index contributed by atoms with van der Waals surface area (Å²) >= 11 is 0. The van der Waals surface area contributed by atoms with Crippen LogP contribution in [0.15, 0.2) is 46.9 Å². The second kappa shape index (κ2) is 8.66. The average molecular weight is 398 g/mol. The number of amides is 1. The smallest absolute Gasteiger partial charge is 0.277 e. The van der Waals surface area contributed by atoms with Crippen LogP contribution < -0.4 is 19.5 Å². The molecule has 152 valence electrons. The molecule has 0 radical (unpaired) electrons. The minimum atomic E-state index is -1.13. The maximum atomic E-state index is 12.7. The number of nitrogens with one attached hydrogen (secondary N) is 1. The summed E-state index contributed by atoms with van der Waals surface area (Å²) in [5.74, 6) is 1.47. The Labute approximate surface area is 168 Å². The minimum Gasteiger partial charge on any atom is -0.497 e. The predicted octanol–water partition coefficient (Wildman–Crippen LogP) is 3.34. The fraction of sp³-hybridized carbons (Fsp3) is 0.238. The molecule has 0 aliphatic carbocycles. The van der Waals surface area contributed by atoms with Gasteiger partial charge in [-0.25, -0.2) is 4.98 Å². The largest absolute Gasteiger partial charge is 0.497 e. The van der Waals surface area contributed by atoms with Crippen LogP contribution >= 0.6 is 0 Å². The highest BCUT2D eigenvalue weighted by molar-refractivity contribution is 6.03. The van der Waals surface area contributed by atoms with Crippen LogP contribution in [-0.4, -0.2) is 37.3 Å². The van der Waals surface area contributed by atoms with Crippen molar-refractivity contribution in [2.75, 3.05) is 26.6 Å². The van der Waals surface area contributed by atoms with E-state index in [-0.39, 0.29) is 11.6 Å². The molecule has 3 aromatic rings. The van der Waals surface area contributed by atoms with Crippen LogP contribution in [-0.2, 0) is 0 Å². The summed E-state index contributed by atoms with van der Waals surface area (Å²) in [7, 11) is 4.58. The van der Waals surface area contributed by atoms with Crippen molar-refractivity contribution in [2.45, 2.75) is 13.0 Å². The van der Waals surface area contributed by atoms with Gasteiger partial charge in [-0.1, -0.05) is 12.1 Å². The standard InChI is InChI=1S/C21H22N2O6/c1-12-18(20(25)22-14-8-9-16(27-3)17(11-14)28-4)23-21(29-12)19(24)13-6-5-7-15(10-13)26-2/h5-11,19,24H,1-4H3,(H,22,25). The number of anilines is 1. The fourth-order valence-corrected chi connectivity index (χ4v) is 2.80. The van der Waals surface area contributed by atoms with Crippen molar-refractivity contribution in [1.29, 1.82) is 0 Å². The van der Waals surface area contributed by atoms with E-state index < -0.39 is 12.0 Å². The molecule has 0 spiro atoms. The van der Waals surface area contributed by atoms with Gasteiger partial charge in [-0.2, -0.15) is 0 Å². The lowest BCUT2D eigenvalue weighted by Gasteiger charge is -2.10. The van der Waals surface area contributed by atoms with Crippen molar-refractivity contribution in [2.24, 2.45) is 0 Å². The first-order valence-corrected chi connectivity index (χ1v) is 8.79. The lowest BCUT2D eigenvalue weighted by Crippen LogP contribution is -2.14. The second-order valence-corrected chi connectivity index (χ2v) is 6.16. The maximum absolute atomic E-state index is 12.7. The summed E-state index contributed by atoms with van der Waals surface area (Å²) in [5.41, 5.74) is 1.12. The number of hydrogen-bond donors (Lipinski definition) is 2. The average Bonchev–Trinajstić information content (AvgIpc) is 3.14. The van der Waals surface area contributed by atoms with E-state index in [0.29, 0.717) is 34.3 Å². The third kappa shape index (κ3) is 4.33. The Morgan fingerprint density at radius 1 is 1.07 bits per heavy atom. The van der Waals surface area contributed by atoms with Crippen LogP contribution in [0, 0.1) is 6.92 Å². The number of oxazole rings is 1. The van der Waals surface area contributed by atoms with E-state index in [1.54, 1.807) is 49.4 Å². The molecule has 1 heterocycles. The van der Waals surface area contributed by atoms with Gasteiger partial charge in [0.2, 0.25) is 5.89 Å².